The van der Waals surface area contributed by atoms with E-state index in [0.29, 0.717) is 12.4 Å². The second-order valence-electron chi connectivity index (χ2n) is 8.06. The highest BCUT2D eigenvalue weighted by atomic mass is 16.6. The van der Waals surface area contributed by atoms with Crippen LogP contribution in [0.1, 0.15) is 42.9 Å². The van der Waals surface area contributed by atoms with E-state index < -0.39 is 11.9 Å². The van der Waals surface area contributed by atoms with Gasteiger partial charge in [0.2, 0.25) is 0 Å². The first-order chi connectivity index (χ1) is 15.6. The van der Waals surface area contributed by atoms with Crippen molar-refractivity contribution in [1.29, 1.82) is 0 Å². The van der Waals surface area contributed by atoms with E-state index in [4.69, 9.17) is 9.47 Å². The fourth-order valence-electron chi connectivity index (χ4n) is 4.29. The zero-order valence-corrected chi connectivity index (χ0v) is 18.2. The lowest BCUT2D eigenvalue weighted by Gasteiger charge is -2.22. The lowest BCUT2D eigenvalue weighted by Crippen LogP contribution is -2.25. The second-order valence-corrected chi connectivity index (χ2v) is 8.06. The number of nitrogens with zero attached hydrogens (tertiary/aromatic N) is 1. The van der Waals surface area contributed by atoms with Gasteiger partial charge in [-0.2, -0.15) is 0 Å². The maximum Gasteiger partial charge on any atom is 0.344 e. The zero-order chi connectivity index (χ0) is 22.3. The molecule has 1 saturated carbocycles. The van der Waals surface area contributed by atoms with Crippen LogP contribution in [0.5, 0.6) is 5.75 Å². The molecular formula is C26H27NO5. The minimum atomic E-state index is -0.561. The third-order valence-corrected chi connectivity index (χ3v) is 5.97. The monoisotopic (exact) mass is 433 g/mol. The first kappa shape index (κ1) is 21.8. The summed E-state index contributed by atoms with van der Waals surface area (Å²) in [6.07, 6.45) is 4.16. The molecule has 1 heterocycles. The van der Waals surface area contributed by atoms with Gasteiger partial charge in [0, 0.05) is 5.39 Å². The number of ether oxygens (including phenoxy) is 3. The van der Waals surface area contributed by atoms with Gasteiger partial charge in [0.25, 0.3) is 0 Å². The molecule has 3 aromatic rings. The summed E-state index contributed by atoms with van der Waals surface area (Å²) in [6, 6.07) is 19.5. The molecule has 1 fully saturated rings. The Kier molecular flexibility index (Phi) is 7.00. The standard InChI is InChI=1S/C26H27NO5/c1-30-24(28)17-32-26(29)25(19-7-2-3-8-19)20-11-14-22(15-12-20)31-16-21-13-10-18-6-4-5-9-23(18)27-21/h4-6,9-15,19,25H,2-3,7-8,16-17H2,1H3. The molecule has 0 aliphatic heterocycles. The first-order valence-corrected chi connectivity index (χ1v) is 10.9. The quantitative estimate of drug-likeness (QED) is 0.475. The van der Waals surface area contributed by atoms with Gasteiger partial charge in [0.05, 0.1) is 24.2 Å². The topological polar surface area (TPSA) is 74.7 Å². The SMILES string of the molecule is COC(=O)COC(=O)C(c1ccc(OCc2ccc3ccccc3n2)cc1)C1CCCC1. The van der Waals surface area contributed by atoms with Gasteiger partial charge in [-0.05, 0) is 48.6 Å². The third kappa shape index (κ3) is 5.25. The van der Waals surface area contributed by atoms with Crippen molar-refractivity contribution >= 4 is 22.8 Å². The van der Waals surface area contributed by atoms with Crippen LogP contribution in [0.25, 0.3) is 10.9 Å². The van der Waals surface area contributed by atoms with Crippen molar-refractivity contribution in [3.05, 3.63) is 71.9 Å². The van der Waals surface area contributed by atoms with Crippen molar-refractivity contribution in [3.63, 3.8) is 0 Å². The van der Waals surface area contributed by atoms with Crippen LogP contribution >= 0.6 is 0 Å². The molecule has 0 bridgehead atoms. The molecule has 6 nitrogen and oxygen atoms in total. The van der Waals surface area contributed by atoms with E-state index in [-0.39, 0.29) is 18.5 Å². The fraction of sp³-hybridized carbons (Fsp3) is 0.346. The number of hydrogen-bond donors (Lipinski definition) is 0. The molecule has 1 atom stereocenters. The number of benzene rings is 2. The number of methoxy groups -OCH3 is 1. The third-order valence-electron chi connectivity index (χ3n) is 5.97. The molecule has 1 aliphatic carbocycles. The van der Waals surface area contributed by atoms with Gasteiger partial charge in [0.1, 0.15) is 12.4 Å². The molecule has 0 amide bonds. The second kappa shape index (κ2) is 10.3. The molecule has 2 aromatic carbocycles. The molecule has 4 rings (SSSR count). The van der Waals surface area contributed by atoms with Crippen LogP contribution in [0.2, 0.25) is 0 Å². The summed E-state index contributed by atoms with van der Waals surface area (Å²) in [4.78, 5) is 28.8. The first-order valence-electron chi connectivity index (χ1n) is 10.9. The average molecular weight is 434 g/mol. The number of aromatic nitrogens is 1. The van der Waals surface area contributed by atoms with E-state index in [1.54, 1.807) is 0 Å². The highest BCUT2D eigenvalue weighted by Gasteiger charge is 2.33. The Morgan fingerprint density at radius 1 is 1.00 bits per heavy atom. The Morgan fingerprint density at radius 3 is 2.50 bits per heavy atom. The summed E-state index contributed by atoms with van der Waals surface area (Å²) >= 11 is 0. The molecule has 32 heavy (non-hydrogen) atoms. The van der Waals surface area contributed by atoms with Crippen LogP contribution in [0, 0.1) is 5.92 Å². The Labute approximate surface area is 187 Å². The number of esters is 2. The maximum atomic E-state index is 12.8. The van der Waals surface area contributed by atoms with E-state index in [9.17, 15) is 9.59 Å². The van der Waals surface area contributed by atoms with E-state index >= 15 is 0 Å². The summed E-state index contributed by atoms with van der Waals surface area (Å²) < 4.78 is 15.7. The molecular weight excluding hydrogens is 406 g/mol. The molecule has 1 aliphatic rings. The Hall–Kier alpha value is -3.41. The minimum absolute atomic E-state index is 0.216. The molecule has 6 heteroatoms. The largest absolute Gasteiger partial charge is 0.487 e. The van der Waals surface area contributed by atoms with Gasteiger partial charge < -0.3 is 14.2 Å². The molecule has 166 valence electrons. The molecule has 0 saturated heterocycles. The predicted molar refractivity (Wildman–Crippen MR) is 120 cm³/mol. The minimum Gasteiger partial charge on any atom is -0.487 e. The smallest absolute Gasteiger partial charge is 0.344 e. The number of para-hydroxylation sites is 1. The molecule has 0 spiro atoms. The van der Waals surface area contributed by atoms with Crippen molar-refractivity contribution in [2.75, 3.05) is 13.7 Å². The number of pyridine rings is 1. The summed E-state index contributed by atoms with van der Waals surface area (Å²) in [5.41, 5.74) is 2.67. The van der Waals surface area contributed by atoms with Gasteiger partial charge in [-0.15, -0.1) is 0 Å². The lowest BCUT2D eigenvalue weighted by atomic mass is 9.85. The van der Waals surface area contributed by atoms with Crippen LogP contribution in [0.4, 0.5) is 0 Å². The van der Waals surface area contributed by atoms with E-state index in [0.717, 1.165) is 47.8 Å². The van der Waals surface area contributed by atoms with Crippen LogP contribution in [-0.4, -0.2) is 30.6 Å². The van der Waals surface area contributed by atoms with Crippen molar-refractivity contribution in [2.24, 2.45) is 5.92 Å². The van der Waals surface area contributed by atoms with Crippen molar-refractivity contribution < 1.29 is 23.8 Å². The van der Waals surface area contributed by atoms with E-state index in [1.807, 2.05) is 60.7 Å². The Bertz CT molecular complexity index is 1070. The molecule has 1 aromatic heterocycles. The van der Waals surface area contributed by atoms with Crippen LogP contribution in [-0.2, 0) is 25.7 Å². The van der Waals surface area contributed by atoms with Gasteiger partial charge in [-0.3, -0.25) is 4.79 Å². The van der Waals surface area contributed by atoms with Crippen LogP contribution in [0.15, 0.2) is 60.7 Å². The summed E-state index contributed by atoms with van der Waals surface area (Å²) in [5.74, 6) is -0.408. The predicted octanol–water partition coefficient (Wildman–Crippen LogP) is 4.80. The van der Waals surface area contributed by atoms with Gasteiger partial charge in [-0.1, -0.05) is 49.2 Å². The van der Waals surface area contributed by atoms with Crippen molar-refractivity contribution in [3.8, 4) is 5.75 Å². The van der Waals surface area contributed by atoms with Crippen molar-refractivity contribution in [2.45, 2.75) is 38.2 Å². The number of carbonyl (C=O) groups excluding carboxylic acids is 2. The van der Waals surface area contributed by atoms with Gasteiger partial charge in [0.15, 0.2) is 6.61 Å². The average Bonchev–Trinajstić information content (AvgIpc) is 3.36. The number of fused-ring (bicyclic) bond motifs is 1. The summed E-state index contributed by atoms with van der Waals surface area (Å²) in [6.45, 7) is -0.00406. The maximum absolute atomic E-state index is 12.8. The highest BCUT2D eigenvalue weighted by Crippen LogP contribution is 2.38. The van der Waals surface area contributed by atoms with Gasteiger partial charge in [-0.25, -0.2) is 9.78 Å². The normalized spacial score (nSPS) is 14.8. The highest BCUT2D eigenvalue weighted by molar-refractivity contribution is 5.81. The zero-order valence-electron chi connectivity index (χ0n) is 18.2. The molecule has 0 N–H and O–H groups in total. The van der Waals surface area contributed by atoms with Crippen LogP contribution in [0.3, 0.4) is 0 Å². The Balaban J connectivity index is 1.43. The van der Waals surface area contributed by atoms with Crippen molar-refractivity contribution in [1.82, 2.24) is 4.98 Å². The fourth-order valence-corrected chi connectivity index (χ4v) is 4.29. The summed E-state index contributed by atoms with van der Waals surface area (Å²) in [5, 5.41) is 1.10. The lowest BCUT2D eigenvalue weighted by molar-refractivity contribution is -0.158. The van der Waals surface area contributed by atoms with E-state index in [2.05, 4.69) is 9.72 Å². The molecule has 1 unspecified atom stereocenters. The number of hydrogen-bond acceptors (Lipinski definition) is 6. The van der Waals surface area contributed by atoms with Gasteiger partial charge >= 0.3 is 11.9 Å². The number of carbonyl (C=O) groups is 2. The number of rotatable bonds is 8. The molecule has 0 radical (unpaired) electrons. The summed E-state index contributed by atoms with van der Waals surface area (Å²) in [7, 11) is 1.27. The van der Waals surface area contributed by atoms with Crippen LogP contribution < -0.4 is 4.74 Å². The van der Waals surface area contributed by atoms with E-state index in [1.165, 1.54) is 7.11 Å². The Morgan fingerprint density at radius 2 is 1.75 bits per heavy atom.